The van der Waals surface area contributed by atoms with E-state index in [0.29, 0.717) is 28.1 Å². The minimum atomic E-state index is -0.473. The van der Waals surface area contributed by atoms with E-state index < -0.39 is 5.54 Å². The summed E-state index contributed by atoms with van der Waals surface area (Å²) in [7, 11) is 0. The molecule has 1 aromatic carbocycles. The lowest BCUT2D eigenvalue weighted by Crippen LogP contribution is -2.34. The van der Waals surface area contributed by atoms with Gasteiger partial charge in [-0.2, -0.15) is 4.98 Å². The summed E-state index contributed by atoms with van der Waals surface area (Å²) >= 11 is 6.09. The first-order valence-corrected chi connectivity index (χ1v) is 7.95. The van der Waals surface area contributed by atoms with Crippen LogP contribution in [0, 0.1) is 0 Å². The third-order valence-electron chi connectivity index (χ3n) is 3.90. The van der Waals surface area contributed by atoms with Crippen LogP contribution in [0.3, 0.4) is 0 Å². The number of aromatic nitrogens is 2. The molecule has 0 unspecified atom stereocenters. The zero-order chi connectivity index (χ0) is 15.7. The maximum absolute atomic E-state index is 6.38. The van der Waals surface area contributed by atoms with Gasteiger partial charge < -0.3 is 15.0 Å². The number of nitrogens with zero attached hydrogens (tertiary/aromatic N) is 2. The van der Waals surface area contributed by atoms with Gasteiger partial charge in [-0.3, -0.25) is 0 Å². The van der Waals surface area contributed by atoms with Gasteiger partial charge in [0.1, 0.15) is 5.75 Å². The Labute approximate surface area is 146 Å². The van der Waals surface area contributed by atoms with Crippen LogP contribution in [-0.4, -0.2) is 16.2 Å². The second kappa shape index (κ2) is 7.07. The molecule has 1 heterocycles. The van der Waals surface area contributed by atoms with Gasteiger partial charge >= 0.3 is 0 Å². The van der Waals surface area contributed by atoms with Crippen LogP contribution in [0.2, 0.25) is 5.02 Å². The molecular formula is C16H21Cl2N3O2. The third kappa shape index (κ3) is 3.79. The van der Waals surface area contributed by atoms with Gasteiger partial charge in [0.15, 0.2) is 5.82 Å². The van der Waals surface area contributed by atoms with Crippen molar-refractivity contribution in [3.05, 3.63) is 29.0 Å². The molecule has 5 nitrogen and oxygen atoms in total. The van der Waals surface area contributed by atoms with Gasteiger partial charge in [-0.25, -0.2) is 0 Å². The van der Waals surface area contributed by atoms with E-state index >= 15 is 0 Å². The molecule has 1 aliphatic rings. The van der Waals surface area contributed by atoms with E-state index in [1.807, 2.05) is 19.9 Å². The summed E-state index contributed by atoms with van der Waals surface area (Å²) in [6, 6.07) is 5.37. The fourth-order valence-electron chi connectivity index (χ4n) is 2.79. The molecule has 0 saturated heterocycles. The highest BCUT2D eigenvalue weighted by atomic mass is 35.5. The van der Waals surface area contributed by atoms with Crippen molar-refractivity contribution in [2.45, 2.75) is 51.2 Å². The van der Waals surface area contributed by atoms with Crippen molar-refractivity contribution in [2.24, 2.45) is 5.73 Å². The average molecular weight is 358 g/mol. The fraction of sp³-hybridized carbons (Fsp3) is 0.500. The molecule has 0 bridgehead atoms. The molecule has 0 amide bonds. The zero-order valence-electron chi connectivity index (χ0n) is 13.2. The molecule has 2 aromatic rings. The highest BCUT2D eigenvalue weighted by Crippen LogP contribution is 2.37. The zero-order valence-corrected chi connectivity index (χ0v) is 14.8. The highest BCUT2D eigenvalue weighted by molar-refractivity contribution is 6.30. The summed E-state index contributed by atoms with van der Waals surface area (Å²) in [4.78, 5) is 4.50. The largest absolute Gasteiger partial charge is 0.490 e. The van der Waals surface area contributed by atoms with Gasteiger partial charge in [0, 0.05) is 5.02 Å². The predicted octanol–water partition coefficient (Wildman–Crippen LogP) is 4.33. The first kappa shape index (κ1) is 18.0. The van der Waals surface area contributed by atoms with E-state index in [4.69, 9.17) is 26.6 Å². The Kier molecular flexibility index (Phi) is 5.55. The molecule has 1 aromatic heterocycles. The Morgan fingerprint density at radius 2 is 2.00 bits per heavy atom. The summed E-state index contributed by atoms with van der Waals surface area (Å²) < 4.78 is 11.2. The van der Waals surface area contributed by atoms with Crippen molar-refractivity contribution in [3.63, 3.8) is 0 Å². The van der Waals surface area contributed by atoms with Gasteiger partial charge in [-0.1, -0.05) is 29.6 Å². The van der Waals surface area contributed by atoms with Gasteiger partial charge in [0.2, 0.25) is 0 Å². The molecule has 23 heavy (non-hydrogen) atoms. The topological polar surface area (TPSA) is 74.2 Å². The Morgan fingerprint density at radius 3 is 2.65 bits per heavy atom. The van der Waals surface area contributed by atoms with Crippen LogP contribution in [0.5, 0.6) is 5.75 Å². The molecule has 1 aliphatic carbocycles. The van der Waals surface area contributed by atoms with Crippen molar-refractivity contribution in [3.8, 4) is 17.2 Å². The predicted molar refractivity (Wildman–Crippen MR) is 92.1 cm³/mol. The molecule has 1 saturated carbocycles. The van der Waals surface area contributed by atoms with Gasteiger partial charge in [0.05, 0.1) is 17.2 Å². The van der Waals surface area contributed by atoms with Crippen LogP contribution in [0.15, 0.2) is 22.7 Å². The van der Waals surface area contributed by atoms with Crippen LogP contribution in [-0.2, 0) is 5.54 Å². The van der Waals surface area contributed by atoms with Crippen molar-refractivity contribution in [1.82, 2.24) is 10.1 Å². The van der Waals surface area contributed by atoms with E-state index in [1.165, 1.54) is 0 Å². The molecule has 1 fully saturated rings. The first-order valence-electron chi connectivity index (χ1n) is 7.57. The molecule has 7 heteroatoms. The van der Waals surface area contributed by atoms with Crippen LogP contribution in [0.4, 0.5) is 0 Å². The standard InChI is InChI=1S/C16H20ClN3O2.ClH/c1-10(2)21-13-6-5-11(17)9-12(13)14-19-15(20-22-14)16(18)7-3-4-8-16;/h5-6,9-10H,3-4,7-8,18H2,1-2H3;1H. The monoisotopic (exact) mass is 357 g/mol. The van der Waals surface area contributed by atoms with Gasteiger partial charge in [-0.15, -0.1) is 12.4 Å². The second-order valence-electron chi connectivity index (χ2n) is 6.09. The molecule has 126 valence electrons. The van der Waals surface area contributed by atoms with Crippen molar-refractivity contribution in [2.75, 3.05) is 0 Å². The molecule has 0 atom stereocenters. The smallest absolute Gasteiger partial charge is 0.261 e. The highest BCUT2D eigenvalue weighted by Gasteiger charge is 2.36. The number of halogens is 2. The third-order valence-corrected chi connectivity index (χ3v) is 4.14. The second-order valence-corrected chi connectivity index (χ2v) is 6.53. The quantitative estimate of drug-likeness (QED) is 0.881. The minimum absolute atomic E-state index is 0. The Morgan fingerprint density at radius 1 is 1.30 bits per heavy atom. The van der Waals surface area contributed by atoms with Crippen LogP contribution in [0.1, 0.15) is 45.4 Å². The summed E-state index contributed by atoms with van der Waals surface area (Å²) in [5.74, 6) is 1.63. The van der Waals surface area contributed by atoms with Crippen molar-refractivity contribution < 1.29 is 9.26 Å². The number of hydrogen-bond acceptors (Lipinski definition) is 5. The van der Waals surface area contributed by atoms with Crippen LogP contribution < -0.4 is 10.5 Å². The molecule has 0 spiro atoms. The minimum Gasteiger partial charge on any atom is -0.490 e. The van der Waals surface area contributed by atoms with E-state index in [-0.39, 0.29) is 18.5 Å². The number of ether oxygens (including phenoxy) is 1. The van der Waals surface area contributed by atoms with E-state index in [9.17, 15) is 0 Å². The number of hydrogen-bond donors (Lipinski definition) is 1. The lowest BCUT2D eigenvalue weighted by molar-refractivity contribution is 0.242. The Bertz CT molecular complexity index is 667. The van der Waals surface area contributed by atoms with Crippen LogP contribution >= 0.6 is 24.0 Å². The SMILES string of the molecule is CC(C)Oc1ccc(Cl)cc1-c1nc(C2(N)CCCC2)no1.Cl. The van der Waals surface area contributed by atoms with E-state index in [1.54, 1.807) is 12.1 Å². The average Bonchev–Trinajstić information content (AvgIpc) is 3.10. The van der Waals surface area contributed by atoms with E-state index in [2.05, 4.69) is 10.1 Å². The molecule has 0 radical (unpaired) electrons. The van der Waals surface area contributed by atoms with Crippen molar-refractivity contribution in [1.29, 1.82) is 0 Å². The van der Waals surface area contributed by atoms with Crippen LogP contribution in [0.25, 0.3) is 11.5 Å². The first-order chi connectivity index (χ1) is 10.5. The number of rotatable bonds is 4. The molecule has 2 N–H and O–H groups in total. The van der Waals surface area contributed by atoms with E-state index in [0.717, 1.165) is 25.7 Å². The summed E-state index contributed by atoms with van der Waals surface area (Å²) in [5.41, 5.74) is 6.60. The summed E-state index contributed by atoms with van der Waals surface area (Å²) in [5, 5.41) is 4.68. The van der Waals surface area contributed by atoms with Gasteiger partial charge in [0.25, 0.3) is 5.89 Å². The fourth-order valence-corrected chi connectivity index (χ4v) is 2.96. The lowest BCUT2D eigenvalue weighted by atomic mass is 9.99. The Hall–Kier alpha value is -1.30. The summed E-state index contributed by atoms with van der Waals surface area (Å²) in [6.45, 7) is 3.93. The van der Waals surface area contributed by atoms with Gasteiger partial charge in [-0.05, 0) is 44.9 Å². The Balaban J connectivity index is 0.00000192. The molecular weight excluding hydrogens is 337 g/mol. The van der Waals surface area contributed by atoms with Crippen molar-refractivity contribution >= 4 is 24.0 Å². The normalized spacial score (nSPS) is 16.4. The lowest BCUT2D eigenvalue weighted by Gasteiger charge is -2.17. The molecule has 3 rings (SSSR count). The summed E-state index contributed by atoms with van der Waals surface area (Å²) in [6.07, 6.45) is 4.00. The maximum Gasteiger partial charge on any atom is 0.261 e. The maximum atomic E-state index is 6.38. The number of benzene rings is 1. The molecule has 0 aliphatic heterocycles. The number of nitrogens with two attached hydrogens (primary N) is 1.